The van der Waals surface area contributed by atoms with Crippen molar-refractivity contribution < 1.29 is 28.1 Å². The van der Waals surface area contributed by atoms with Gasteiger partial charge in [0.2, 0.25) is 11.8 Å². The molecule has 1 aliphatic heterocycles. The molecule has 0 saturated carbocycles. The molecule has 0 fully saturated rings. The molecule has 1 aliphatic rings. The van der Waals surface area contributed by atoms with Gasteiger partial charge in [-0.1, -0.05) is 72.7 Å². The lowest BCUT2D eigenvalue weighted by Gasteiger charge is -2.23. The molecule has 0 unspecified atom stereocenters. The Balaban J connectivity index is 1.33. The summed E-state index contributed by atoms with van der Waals surface area (Å²) in [6.07, 6.45) is 3.19. The third-order valence-electron chi connectivity index (χ3n) is 7.85. The van der Waals surface area contributed by atoms with E-state index >= 15 is 0 Å². The van der Waals surface area contributed by atoms with E-state index in [9.17, 15) is 19.2 Å². The molecule has 0 spiro atoms. The summed E-state index contributed by atoms with van der Waals surface area (Å²) in [5.74, 6) is -1.61. The minimum absolute atomic E-state index is 0.0187. The Kier molecular flexibility index (Phi) is 9.88. The Morgan fingerprint density at radius 2 is 1.67 bits per heavy atom. The van der Waals surface area contributed by atoms with E-state index in [2.05, 4.69) is 36.4 Å². The van der Waals surface area contributed by atoms with Gasteiger partial charge in [0.1, 0.15) is 18.3 Å². The first-order chi connectivity index (χ1) is 23.7. The molecule has 3 N–H and O–H groups in total. The van der Waals surface area contributed by atoms with Gasteiger partial charge in [-0.25, -0.2) is 9.67 Å². The number of carbonyl (C=O) groups excluding carboxylic acids is 4. The number of oxazole rings is 1. The summed E-state index contributed by atoms with van der Waals surface area (Å²) >= 11 is 0. The lowest BCUT2D eigenvalue weighted by Crippen LogP contribution is -2.49. The number of para-hydroxylation sites is 1. The van der Waals surface area contributed by atoms with Crippen molar-refractivity contribution in [2.45, 2.75) is 45.3 Å². The molecule has 4 heterocycles. The summed E-state index contributed by atoms with van der Waals surface area (Å²) in [5.41, 5.74) is 1.56. The highest BCUT2D eigenvalue weighted by molar-refractivity contribution is 5.96. The van der Waals surface area contributed by atoms with Crippen LogP contribution >= 0.6 is 0 Å². The molecule has 4 bridgehead atoms. The van der Waals surface area contributed by atoms with Crippen molar-refractivity contribution in [3.05, 3.63) is 113 Å². The topological polar surface area (TPSA) is 190 Å². The second kappa shape index (κ2) is 14.8. The van der Waals surface area contributed by atoms with Gasteiger partial charge in [0.15, 0.2) is 22.8 Å². The molecule has 3 aromatic heterocycles. The van der Waals surface area contributed by atoms with Gasteiger partial charge in [0.05, 0.1) is 18.4 Å². The third-order valence-corrected chi connectivity index (χ3v) is 7.85. The fraction of sp³-hybridized carbons (Fsp3) is 0.294. The van der Waals surface area contributed by atoms with Crippen LogP contribution in [0, 0.1) is 5.92 Å². The molecule has 15 heteroatoms. The van der Waals surface area contributed by atoms with Crippen LogP contribution in [0.4, 0.5) is 0 Å². The quantitative estimate of drug-likeness (QED) is 0.243. The summed E-state index contributed by atoms with van der Waals surface area (Å²) in [5, 5.41) is 20.5. The Bertz CT molecular complexity index is 1920. The second-order valence-corrected chi connectivity index (χ2v) is 12.0. The number of aromatic nitrogens is 5. The maximum Gasteiger partial charge on any atom is 0.274 e. The van der Waals surface area contributed by atoms with Crippen LogP contribution in [0.25, 0.3) is 5.69 Å². The van der Waals surface area contributed by atoms with Crippen LogP contribution in [0.3, 0.4) is 0 Å². The van der Waals surface area contributed by atoms with Gasteiger partial charge < -0.3 is 29.8 Å². The minimum Gasteiger partial charge on any atom is -0.446 e. The molecule has 0 saturated heterocycles. The first kappa shape index (κ1) is 32.8. The zero-order valence-electron chi connectivity index (χ0n) is 26.9. The third kappa shape index (κ3) is 7.89. The molecule has 49 heavy (non-hydrogen) atoms. The number of hydrogen-bond donors (Lipinski definition) is 3. The van der Waals surface area contributed by atoms with Gasteiger partial charge in [-0.05, 0) is 30.0 Å². The predicted molar refractivity (Wildman–Crippen MR) is 173 cm³/mol. The van der Waals surface area contributed by atoms with Gasteiger partial charge >= 0.3 is 0 Å². The molecule has 252 valence electrons. The van der Waals surface area contributed by atoms with Crippen molar-refractivity contribution in [2.24, 2.45) is 5.92 Å². The highest BCUT2D eigenvalue weighted by Crippen LogP contribution is 2.22. The molecule has 2 aromatic carbocycles. The smallest absolute Gasteiger partial charge is 0.274 e. The summed E-state index contributed by atoms with van der Waals surface area (Å²) in [6, 6.07) is 18.1. The summed E-state index contributed by atoms with van der Waals surface area (Å²) in [7, 11) is 0. The Hall–Kier alpha value is -6.12. The fourth-order valence-corrected chi connectivity index (χ4v) is 5.44. The normalized spacial score (nSPS) is 17.5. The van der Waals surface area contributed by atoms with Crippen molar-refractivity contribution in [1.29, 1.82) is 0 Å². The summed E-state index contributed by atoms with van der Waals surface area (Å²) < 4.78 is 12.6. The Morgan fingerprint density at radius 1 is 0.959 bits per heavy atom. The maximum absolute atomic E-state index is 14.0. The van der Waals surface area contributed by atoms with Crippen LogP contribution in [0.1, 0.15) is 75.0 Å². The van der Waals surface area contributed by atoms with Gasteiger partial charge in [-0.15, -0.1) is 5.10 Å². The van der Waals surface area contributed by atoms with E-state index in [1.165, 1.54) is 28.1 Å². The fourth-order valence-electron chi connectivity index (χ4n) is 5.44. The van der Waals surface area contributed by atoms with E-state index in [0.717, 1.165) is 5.56 Å². The monoisotopic (exact) mass is 665 g/mol. The standard InChI is InChI=1S/C34H35N9O6/c1-21(2)15-27-33-39-28(20-48-33)32(46)37-25(16-22-9-5-3-6-10-22)30(44)35-13-14-42(19-24-17-26(40-49-24)31(45)38-27)34(47)29-18-36-41-43(29)23-11-7-4-8-12-23/h3-12,17-18,20-21,25,27H,13-16,19H2,1-2H3,(H,35,44)(H,37,46)(H,38,45)/t25-,27+/m0/s1. The van der Waals surface area contributed by atoms with Gasteiger partial charge in [-0.3, -0.25) is 19.2 Å². The Morgan fingerprint density at radius 3 is 2.43 bits per heavy atom. The van der Waals surface area contributed by atoms with E-state index in [1.807, 2.05) is 62.4 Å². The first-order valence-corrected chi connectivity index (χ1v) is 15.8. The zero-order chi connectivity index (χ0) is 34.3. The highest BCUT2D eigenvalue weighted by Gasteiger charge is 2.29. The molecule has 5 aromatic rings. The summed E-state index contributed by atoms with van der Waals surface area (Å²) in [4.78, 5) is 60.1. The number of benzene rings is 2. The largest absolute Gasteiger partial charge is 0.446 e. The Labute approximate surface area is 281 Å². The molecule has 0 aliphatic carbocycles. The average molecular weight is 666 g/mol. The highest BCUT2D eigenvalue weighted by atomic mass is 16.5. The average Bonchev–Trinajstić information content (AvgIpc) is 3.89. The van der Waals surface area contributed by atoms with E-state index in [-0.39, 0.29) is 60.7 Å². The molecular weight excluding hydrogens is 630 g/mol. The van der Waals surface area contributed by atoms with Crippen molar-refractivity contribution >= 4 is 23.6 Å². The molecule has 6 rings (SSSR count). The van der Waals surface area contributed by atoms with Crippen LogP contribution in [0.2, 0.25) is 0 Å². The maximum atomic E-state index is 14.0. The number of carbonyl (C=O) groups is 4. The van der Waals surface area contributed by atoms with Crippen molar-refractivity contribution in [3.63, 3.8) is 0 Å². The van der Waals surface area contributed by atoms with Crippen LogP contribution < -0.4 is 16.0 Å². The van der Waals surface area contributed by atoms with E-state index < -0.39 is 35.7 Å². The van der Waals surface area contributed by atoms with Crippen molar-refractivity contribution in [1.82, 2.24) is 46.0 Å². The van der Waals surface area contributed by atoms with E-state index in [0.29, 0.717) is 12.1 Å². The van der Waals surface area contributed by atoms with E-state index in [1.54, 1.807) is 12.1 Å². The number of amides is 4. The van der Waals surface area contributed by atoms with Gasteiger partial charge in [0, 0.05) is 25.6 Å². The zero-order valence-corrected chi connectivity index (χ0v) is 26.9. The first-order valence-electron chi connectivity index (χ1n) is 15.8. The second-order valence-electron chi connectivity index (χ2n) is 12.0. The number of nitrogens with zero attached hydrogens (tertiary/aromatic N) is 6. The van der Waals surface area contributed by atoms with Crippen LogP contribution in [0.5, 0.6) is 0 Å². The lowest BCUT2D eigenvalue weighted by atomic mass is 10.0. The van der Waals surface area contributed by atoms with Gasteiger partial charge in [-0.2, -0.15) is 0 Å². The van der Waals surface area contributed by atoms with Gasteiger partial charge in [0.25, 0.3) is 17.7 Å². The van der Waals surface area contributed by atoms with E-state index in [4.69, 9.17) is 8.94 Å². The van der Waals surface area contributed by atoms with Crippen LogP contribution in [-0.4, -0.2) is 72.8 Å². The van der Waals surface area contributed by atoms with Crippen LogP contribution in [-0.2, 0) is 17.8 Å². The molecular formula is C34H35N9O6. The number of hydrogen-bond acceptors (Lipinski definition) is 10. The lowest BCUT2D eigenvalue weighted by molar-refractivity contribution is -0.123. The number of rotatable bonds is 6. The molecule has 2 atom stereocenters. The number of nitrogens with one attached hydrogen (secondary N) is 3. The summed E-state index contributed by atoms with van der Waals surface area (Å²) in [6.45, 7) is 3.91. The minimum atomic E-state index is -0.982. The molecule has 15 nitrogen and oxygen atoms in total. The van der Waals surface area contributed by atoms with Crippen molar-refractivity contribution in [3.8, 4) is 5.69 Å². The molecule has 0 radical (unpaired) electrons. The molecule has 4 amide bonds. The SMILES string of the molecule is CC(C)C[C@H]1NC(=O)c2cc(on2)CN(C(=O)c2cnnn2-c2ccccc2)CCNC(=O)[C@H](Cc2ccccc2)NC(=O)c2coc1n2. The van der Waals surface area contributed by atoms with Crippen molar-refractivity contribution in [2.75, 3.05) is 13.1 Å². The van der Waals surface area contributed by atoms with Crippen LogP contribution in [0.15, 0.2) is 88.1 Å². The number of fused-ring (bicyclic) bond motifs is 4. The predicted octanol–water partition coefficient (Wildman–Crippen LogP) is 2.87.